The second kappa shape index (κ2) is 28.1. The third kappa shape index (κ3) is 17.0. The van der Waals surface area contributed by atoms with E-state index in [-0.39, 0.29) is 73.5 Å². The second-order valence-electron chi connectivity index (χ2n) is 19.3. The van der Waals surface area contributed by atoms with Crippen molar-refractivity contribution in [3.05, 3.63) is 176 Å². The summed E-state index contributed by atoms with van der Waals surface area (Å²) in [5.41, 5.74) is 7.00. The molecule has 0 aromatic carbocycles. The van der Waals surface area contributed by atoms with E-state index in [1.807, 2.05) is 19.1 Å². The Labute approximate surface area is 512 Å². The second-order valence-corrected chi connectivity index (χ2v) is 22.0. The van der Waals surface area contributed by atoms with Gasteiger partial charge >= 0.3 is 18.5 Å². The Morgan fingerprint density at radius 2 is 1.09 bits per heavy atom. The molecule has 0 atom stereocenters. The van der Waals surface area contributed by atoms with Gasteiger partial charge in [0.25, 0.3) is 22.6 Å². The standard InChI is InChI=1S/C30H30F3N7O2.C11H8BrF3N4O.C6H5Br2NO.C5H4F3N3.3CH4/c1-5-19-20(18-12-21(27(41)38(4)16-18)35-25-7-6-24(36-37-25)30(31,32)33)8-9-34-26(19)40-11-10-39-22(28(40)42)13-17-14-29(2,3)15-23(17)39;1-19-5-6(12)4-7(10(19)20)16-9-3-2-8(17-18-9)11(13,14)15;1-9-3-4(7)2-5(8)6(9)10;6-5(7,8)3-1-2-4(9)11-10-3;;;/h6-9,12-13,16H,5,10-11,14-15H2,1-4H3,(H,35,37);2-5H,1H3,(H,16,18);2-3H,1H3;1-2H,(H2,9,11);3*1H4. The number of anilines is 6. The van der Waals surface area contributed by atoms with Crippen LogP contribution in [0, 0.1) is 5.41 Å². The number of nitrogens with two attached hydrogens (primary N) is 1. The van der Waals surface area contributed by atoms with Crippen LogP contribution in [0.4, 0.5) is 74.2 Å². The molecule has 31 heteroatoms. The lowest BCUT2D eigenvalue weighted by Crippen LogP contribution is -2.41. The molecule has 1 aliphatic carbocycles. The van der Waals surface area contributed by atoms with Crippen molar-refractivity contribution < 1.29 is 44.3 Å². The van der Waals surface area contributed by atoms with Crippen LogP contribution in [-0.4, -0.2) is 66.3 Å². The molecule has 9 heterocycles. The first-order valence-electron chi connectivity index (χ1n) is 24.4. The van der Waals surface area contributed by atoms with Crippen LogP contribution in [-0.2, 0) is 65.5 Å². The van der Waals surface area contributed by atoms with Crippen molar-refractivity contribution in [1.29, 1.82) is 0 Å². The molecule has 8 aromatic heterocycles. The highest BCUT2D eigenvalue weighted by molar-refractivity contribution is 9.11. The van der Waals surface area contributed by atoms with Gasteiger partial charge in [-0.2, -0.15) is 39.5 Å². The number of nitrogens with zero attached hydrogens (tertiary/aromatic N) is 12. The van der Waals surface area contributed by atoms with Crippen LogP contribution in [0.5, 0.6) is 0 Å². The maximum absolute atomic E-state index is 13.8. The highest BCUT2D eigenvalue weighted by atomic mass is 79.9. The van der Waals surface area contributed by atoms with E-state index in [0.717, 1.165) is 64.8 Å². The van der Waals surface area contributed by atoms with E-state index >= 15 is 0 Å². The molecule has 0 saturated heterocycles. The minimum Gasteiger partial charge on any atom is -0.382 e. The van der Waals surface area contributed by atoms with E-state index in [2.05, 4.69) is 112 Å². The van der Waals surface area contributed by atoms with E-state index in [1.54, 1.807) is 63.0 Å². The summed E-state index contributed by atoms with van der Waals surface area (Å²) in [6.07, 6.45) is -4.53. The van der Waals surface area contributed by atoms with Gasteiger partial charge in [0.1, 0.15) is 28.7 Å². The van der Waals surface area contributed by atoms with Crippen LogP contribution in [0.15, 0.2) is 119 Å². The number of nitrogen functional groups attached to an aromatic ring is 1. The zero-order valence-electron chi connectivity index (χ0n) is 44.3. The Kier molecular flexibility index (Phi) is 23.1. The van der Waals surface area contributed by atoms with Gasteiger partial charge in [0.05, 0.1) is 4.47 Å². The van der Waals surface area contributed by atoms with Gasteiger partial charge in [-0.3, -0.25) is 24.1 Å². The number of nitrogens with one attached hydrogen (secondary N) is 2. The van der Waals surface area contributed by atoms with Crippen molar-refractivity contribution in [2.24, 2.45) is 26.6 Å². The smallest absolute Gasteiger partial charge is 0.382 e. The number of alkyl halides is 9. The molecule has 86 heavy (non-hydrogen) atoms. The number of amides is 1. The molecule has 0 unspecified atom stereocenters. The van der Waals surface area contributed by atoms with Gasteiger partial charge in [0.15, 0.2) is 28.7 Å². The molecule has 4 N–H and O–H groups in total. The zero-order chi connectivity index (χ0) is 61.1. The van der Waals surface area contributed by atoms with Gasteiger partial charge in [0, 0.05) is 84.8 Å². The number of carbonyl (C=O) groups excluding carboxylic acids is 1. The average Bonchev–Trinajstić information content (AvgIpc) is 1.82. The fourth-order valence-corrected chi connectivity index (χ4v) is 10.6. The first-order valence-corrected chi connectivity index (χ1v) is 26.7. The van der Waals surface area contributed by atoms with Gasteiger partial charge < -0.3 is 34.6 Å². The summed E-state index contributed by atoms with van der Waals surface area (Å²) in [6, 6.07) is 14.4. The maximum atomic E-state index is 13.8. The van der Waals surface area contributed by atoms with Gasteiger partial charge in [-0.05, 0) is 150 Å². The Bertz CT molecular complexity index is 3840. The SMILES string of the molecule is C.C.C.CCc1c(-c2cc(Nc3ccc(C(F)(F)F)nn3)c(=O)n(C)c2)ccnc1N1CCn2c(cc3c2CC(C)(C)C3)C1=O.Cn1cc(Br)cc(Br)c1=O.Cn1cc(Br)cc(Nc2ccc(C(F)(F)F)nn2)c1=O.Nc1ccc(C(F)(F)F)nn1. The first kappa shape index (κ1) is 70.7. The number of aromatic nitrogens is 11. The Balaban J connectivity index is 0.000000296. The van der Waals surface area contributed by atoms with E-state index in [4.69, 9.17) is 5.73 Å². The number of pyridine rings is 4. The summed E-state index contributed by atoms with van der Waals surface area (Å²) in [4.78, 5) is 55.9. The summed E-state index contributed by atoms with van der Waals surface area (Å²) in [7, 11) is 4.85. The van der Waals surface area contributed by atoms with Gasteiger partial charge in [-0.25, -0.2) is 4.98 Å². The molecule has 1 aliphatic heterocycles. The molecule has 462 valence electrons. The third-order valence-corrected chi connectivity index (χ3v) is 13.9. The average molecular weight is 1400 g/mol. The van der Waals surface area contributed by atoms with Crippen molar-refractivity contribution in [3.63, 3.8) is 0 Å². The molecule has 19 nitrogen and oxygen atoms in total. The van der Waals surface area contributed by atoms with E-state index in [0.29, 0.717) is 45.5 Å². The molecular weight excluding hydrogens is 1350 g/mol. The maximum Gasteiger partial charge on any atom is 0.435 e. The summed E-state index contributed by atoms with van der Waals surface area (Å²) in [5.74, 6) is 0.508. The summed E-state index contributed by atoms with van der Waals surface area (Å²) in [6.45, 7) is 7.65. The van der Waals surface area contributed by atoms with Gasteiger partial charge in [0.2, 0.25) is 0 Å². The highest BCUT2D eigenvalue weighted by Crippen LogP contribution is 2.41. The van der Waals surface area contributed by atoms with Crippen molar-refractivity contribution in [1.82, 2.24) is 53.8 Å². The first-order chi connectivity index (χ1) is 38.7. The number of rotatable bonds is 7. The zero-order valence-corrected chi connectivity index (χ0v) is 49.1. The van der Waals surface area contributed by atoms with Crippen LogP contribution < -0.4 is 37.9 Å². The number of halogens is 12. The molecule has 8 aromatic rings. The molecule has 2 aliphatic rings. The predicted octanol–water partition coefficient (Wildman–Crippen LogP) is 12.7. The fourth-order valence-electron chi connectivity index (χ4n) is 8.66. The van der Waals surface area contributed by atoms with Crippen molar-refractivity contribution in [2.45, 2.75) is 87.4 Å². The molecule has 0 fully saturated rings. The Hall–Kier alpha value is -7.80. The van der Waals surface area contributed by atoms with Crippen molar-refractivity contribution in [3.8, 4) is 11.1 Å². The highest BCUT2D eigenvalue weighted by Gasteiger charge is 2.38. The molecule has 0 bridgehead atoms. The summed E-state index contributed by atoms with van der Waals surface area (Å²) < 4.78 is 120. The van der Waals surface area contributed by atoms with Crippen LogP contribution in [0.1, 0.15) is 87.4 Å². The number of hydrogen-bond acceptors (Lipinski definition) is 14. The van der Waals surface area contributed by atoms with Crippen LogP contribution >= 0.6 is 47.8 Å². The normalized spacial score (nSPS) is 13.1. The van der Waals surface area contributed by atoms with E-state index < -0.39 is 41.2 Å². The third-order valence-electron chi connectivity index (χ3n) is 12.4. The van der Waals surface area contributed by atoms with E-state index in [9.17, 15) is 58.7 Å². The topological polar surface area (TPSA) is 232 Å². The van der Waals surface area contributed by atoms with Gasteiger partial charge in [-0.1, -0.05) is 43.1 Å². The van der Waals surface area contributed by atoms with Gasteiger partial charge in [-0.15, -0.1) is 30.6 Å². The molecule has 0 radical (unpaired) electrons. The Morgan fingerprint density at radius 1 is 0.605 bits per heavy atom. The molecule has 1 amide bonds. The minimum absolute atomic E-state index is 0. The summed E-state index contributed by atoms with van der Waals surface area (Å²) >= 11 is 9.60. The van der Waals surface area contributed by atoms with E-state index in [1.165, 1.54) is 31.0 Å². The monoisotopic (exact) mass is 1400 g/mol. The minimum atomic E-state index is -4.62. The number of aryl methyl sites for hydroxylation is 3. The number of hydrogen-bond donors (Lipinski definition) is 3. The molecule has 10 rings (SSSR count). The number of carbonyl (C=O) groups is 1. The molecule has 0 spiro atoms. The Morgan fingerprint density at radius 3 is 1.57 bits per heavy atom. The quantitative estimate of drug-likeness (QED) is 0.126. The number of fused-ring (bicyclic) bond motifs is 3. The molecule has 0 saturated carbocycles. The lowest BCUT2D eigenvalue weighted by Gasteiger charge is -2.31. The van der Waals surface area contributed by atoms with Crippen LogP contribution in [0.2, 0.25) is 0 Å². The van der Waals surface area contributed by atoms with Crippen LogP contribution in [0.25, 0.3) is 11.1 Å². The largest absolute Gasteiger partial charge is 0.435 e. The fraction of sp³-hybridized carbons (Fsp3) is 0.327. The molecular formula is C55H59Br3F9N15O4. The lowest BCUT2D eigenvalue weighted by molar-refractivity contribution is -0.142. The van der Waals surface area contributed by atoms with Crippen LogP contribution in [0.3, 0.4) is 0 Å². The predicted molar refractivity (Wildman–Crippen MR) is 320 cm³/mol. The lowest BCUT2D eigenvalue weighted by atomic mass is 9.90. The van der Waals surface area contributed by atoms with Crippen molar-refractivity contribution in [2.75, 3.05) is 27.8 Å². The van der Waals surface area contributed by atoms with Crippen molar-refractivity contribution >= 4 is 88.3 Å². The summed E-state index contributed by atoms with van der Waals surface area (Å²) in [5, 5.41) is 24.6.